The summed E-state index contributed by atoms with van der Waals surface area (Å²) in [5.74, 6) is -1.24. The number of hydrogen-bond acceptors (Lipinski definition) is 3. The molecule has 2 aromatic heterocycles. The summed E-state index contributed by atoms with van der Waals surface area (Å²) >= 11 is 0. The number of carbonyl (C=O) groups is 1. The molecule has 1 amide bonds. The van der Waals surface area contributed by atoms with E-state index < -0.39 is 23.5 Å². The van der Waals surface area contributed by atoms with Crippen LogP contribution in [0.25, 0.3) is 5.65 Å². The van der Waals surface area contributed by atoms with Crippen LogP contribution < -0.4 is 5.73 Å². The van der Waals surface area contributed by atoms with Crippen LogP contribution in [-0.4, -0.2) is 20.5 Å². The van der Waals surface area contributed by atoms with Crippen LogP contribution in [0.1, 0.15) is 16.2 Å². The van der Waals surface area contributed by atoms with E-state index >= 15 is 0 Å². The number of nitrogens with zero attached hydrogens (tertiary/aromatic N) is 3. The Bertz CT molecular complexity index is 560. The first-order chi connectivity index (χ1) is 7.41. The molecule has 0 aliphatic rings. The molecule has 2 rings (SSSR count). The lowest BCUT2D eigenvalue weighted by atomic mass is 10.3. The standard InChI is InChI=1S/C8H5F3N4O/c9-8(10,11)6-5(7(12)16)14-4-2-1-3-13-15(4)6/h1-3H,(H2,12,16). The van der Waals surface area contributed by atoms with Crippen LogP contribution in [0.4, 0.5) is 13.2 Å². The van der Waals surface area contributed by atoms with Gasteiger partial charge in [-0.1, -0.05) is 0 Å². The number of halogens is 3. The number of carbonyl (C=O) groups excluding carboxylic acids is 1. The molecule has 0 fully saturated rings. The van der Waals surface area contributed by atoms with Gasteiger partial charge in [-0.3, -0.25) is 4.79 Å². The van der Waals surface area contributed by atoms with Crippen LogP contribution in [0.15, 0.2) is 18.3 Å². The Hall–Kier alpha value is -2.12. The van der Waals surface area contributed by atoms with Crippen molar-refractivity contribution in [3.8, 4) is 0 Å². The van der Waals surface area contributed by atoms with Gasteiger partial charge in [-0.2, -0.15) is 18.3 Å². The third-order valence-corrected chi connectivity index (χ3v) is 1.89. The van der Waals surface area contributed by atoms with Gasteiger partial charge in [-0.05, 0) is 12.1 Å². The lowest BCUT2D eigenvalue weighted by Crippen LogP contribution is -2.20. The number of primary amides is 1. The van der Waals surface area contributed by atoms with Crippen molar-refractivity contribution in [1.82, 2.24) is 14.6 Å². The maximum absolute atomic E-state index is 12.7. The quantitative estimate of drug-likeness (QED) is 0.789. The molecule has 0 unspecified atom stereocenters. The van der Waals surface area contributed by atoms with Crippen LogP contribution in [0.5, 0.6) is 0 Å². The second kappa shape index (κ2) is 3.19. The van der Waals surface area contributed by atoms with Crippen LogP contribution >= 0.6 is 0 Å². The zero-order valence-corrected chi connectivity index (χ0v) is 7.69. The maximum atomic E-state index is 12.7. The summed E-state index contributed by atoms with van der Waals surface area (Å²) < 4.78 is 38.5. The molecule has 2 aromatic rings. The number of amides is 1. The smallest absolute Gasteiger partial charge is 0.364 e. The van der Waals surface area contributed by atoms with Crippen molar-refractivity contribution < 1.29 is 18.0 Å². The lowest BCUT2D eigenvalue weighted by molar-refractivity contribution is -0.142. The Morgan fingerprint density at radius 2 is 2.12 bits per heavy atom. The molecular formula is C8H5F3N4O. The van der Waals surface area contributed by atoms with Crippen molar-refractivity contribution in [2.75, 3.05) is 0 Å². The van der Waals surface area contributed by atoms with E-state index in [2.05, 4.69) is 10.1 Å². The van der Waals surface area contributed by atoms with Gasteiger partial charge in [-0.15, -0.1) is 0 Å². The molecule has 0 spiro atoms. The summed E-state index contributed by atoms with van der Waals surface area (Å²) in [6.45, 7) is 0. The minimum Gasteiger partial charge on any atom is -0.364 e. The molecule has 0 saturated carbocycles. The van der Waals surface area contributed by atoms with Crippen LogP contribution in [0.2, 0.25) is 0 Å². The molecule has 2 N–H and O–H groups in total. The first-order valence-electron chi connectivity index (χ1n) is 4.12. The van der Waals surface area contributed by atoms with Gasteiger partial charge in [-0.25, -0.2) is 9.50 Å². The fourth-order valence-corrected chi connectivity index (χ4v) is 1.31. The molecule has 0 aliphatic carbocycles. The second-order valence-corrected chi connectivity index (χ2v) is 2.96. The first-order valence-corrected chi connectivity index (χ1v) is 4.12. The average Bonchev–Trinajstić information content (AvgIpc) is 2.55. The van der Waals surface area contributed by atoms with E-state index in [4.69, 9.17) is 5.73 Å². The summed E-state index contributed by atoms with van der Waals surface area (Å²) in [5, 5.41) is 3.48. The number of nitrogens with two attached hydrogens (primary N) is 1. The largest absolute Gasteiger partial charge is 0.435 e. The van der Waals surface area contributed by atoms with Gasteiger partial charge < -0.3 is 5.73 Å². The van der Waals surface area contributed by atoms with Crippen molar-refractivity contribution in [3.63, 3.8) is 0 Å². The highest BCUT2D eigenvalue weighted by Gasteiger charge is 2.40. The van der Waals surface area contributed by atoms with Crippen LogP contribution in [0, 0.1) is 0 Å². The fourth-order valence-electron chi connectivity index (χ4n) is 1.31. The molecule has 5 nitrogen and oxygen atoms in total. The number of rotatable bonds is 1. The lowest BCUT2D eigenvalue weighted by Gasteiger charge is -2.05. The molecule has 16 heavy (non-hydrogen) atoms. The predicted molar refractivity (Wildman–Crippen MR) is 46.5 cm³/mol. The van der Waals surface area contributed by atoms with Crippen molar-refractivity contribution in [1.29, 1.82) is 0 Å². The highest BCUT2D eigenvalue weighted by molar-refractivity contribution is 5.93. The van der Waals surface area contributed by atoms with Gasteiger partial charge in [0.15, 0.2) is 17.0 Å². The maximum Gasteiger partial charge on any atom is 0.435 e. The van der Waals surface area contributed by atoms with Gasteiger partial charge in [0, 0.05) is 6.20 Å². The van der Waals surface area contributed by atoms with E-state index in [1.807, 2.05) is 0 Å². The van der Waals surface area contributed by atoms with Gasteiger partial charge in [0.05, 0.1) is 0 Å². The Kier molecular flexibility index (Phi) is 2.07. The number of imidazole rings is 1. The zero-order chi connectivity index (χ0) is 11.9. The second-order valence-electron chi connectivity index (χ2n) is 2.96. The van der Waals surface area contributed by atoms with E-state index in [-0.39, 0.29) is 5.65 Å². The van der Waals surface area contributed by atoms with E-state index in [0.717, 1.165) is 6.20 Å². The van der Waals surface area contributed by atoms with Crippen LogP contribution in [-0.2, 0) is 6.18 Å². The molecule has 8 heteroatoms. The average molecular weight is 230 g/mol. The molecule has 2 heterocycles. The molecular weight excluding hydrogens is 225 g/mol. The number of aromatic nitrogens is 3. The van der Waals surface area contributed by atoms with E-state index in [0.29, 0.717) is 4.52 Å². The molecule has 0 radical (unpaired) electrons. The van der Waals surface area contributed by atoms with Gasteiger partial charge in [0.1, 0.15) is 0 Å². The minimum absolute atomic E-state index is 0.0800. The normalized spacial score (nSPS) is 11.9. The van der Waals surface area contributed by atoms with Crippen molar-refractivity contribution in [2.45, 2.75) is 6.18 Å². The van der Waals surface area contributed by atoms with Gasteiger partial charge >= 0.3 is 6.18 Å². The van der Waals surface area contributed by atoms with E-state index in [1.165, 1.54) is 12.1 Å². The monoisotopic (exact) mass is 230 g/mol. The SMILES string of the molecule is NC(=O)c1nc2cccnn2c1C(F)(F)F. The number of hydrogen-bond donors (Lipinski definition) is 1. The Morgan fingerprint density at radius 3 is 2.69 bits per heavy atom. The van der Waals surface area contributed by atoms with E-state index in [1.54, 1.807) is 0 Å². The minimum atomic E-state index is -4.74. The molecule has 84 valence electrons. The van der Waals surface area contributed by atoms with Gasteiger partial charge in [0.2, 0.25) is 0 Å². The summed E-state index contributed by atoms with van der Waals surface area (Å²) in [5.41, 5.74) is 2.67. The molecule has 0 saturated heterocycles. The molecule has 0 atom stereocenters. The third-order valence-electron chi connectivity index (χ3n) is 1.89. The summed E-state index contributed by atoms with van der Waals surface area (Å²) in [6, 6.07) is 2.71. The van der Waals surface area contributed by atoms with Gasteiger partial charge in [0.25, 0.3) is 5.91 Å². The number of alkyl halides is 3. The van der Waals surface area contributed by atoms with Crippen LogP contribution in [0.3, 0.4) is 0 Å². The summed E-state index contributed by atoms with van der Waals surface area (Å²) in [7, 11) is 0. The molecule has 0 aliphatic heterocycles. The first kappa shape index (κ1) is 10.4. The topological polar surface area (TPSA) is 73.3 Å². The van der Waals surface area contributed by atoms with E-state index in [9.17, 15) is 18.0 Å². The highest BCUT2D eigenvalue weighted by atomic mass is 19.4. The fraction of sp³-hybridized carbons (Fsp3) is 0.125. The number of fused-ring (bicyclic) bond motifs is 1. The Labute approximate surface area is 86.7 Å². The zero-order valence-electron chi connectivity index (χ0n) is 7.69. The molecule has 0 bridgehead atoms. The summed E-state index contributed by atoms with van der Waals surface area (Å²) in [6.07, 6.45) is -3.58. The van der Waals surface area contributed by atoms with Crippen molar-refractivity contribution in [2.24, 2.45) is 5.73 Å². The Balaban J connectivity index is 2.85. The van der Waals surface area contributed by atoms with Crippen molar-refractivity contribution >= 4 is 11.6 Å². The summed E-state index contributed by atoms with van der Waals surface area (Å²) in [4.78, 5) is 14.3. The van der Waals surface area contributed by atoms with Crippen molar-refractivity contribution in [3.05, 3.63) is 29.7 Å². The highest BCUT2D eigenvalue weighted by Crippen LogP contribution is 2.31. The Morgan fingerprint density at radius 1 is 1.44 bits per heavy atom. The predicted octanol–water partition coefficient (Wildman–Crippen LogP) is 0.847. The third kappa shape index (κ3) is 1.47. The molecule has 0 aromatic carbocycles.